The maximum atomic E-state index is 12.1. The van der Waals surface area contributed by atoms with Crippen LogP contribution in [-0.4, -0.2) is 42.3 Å². The summed E-state index contributed by atoms with van der Waals surface area (Å²) >= 11 is 0. The number of amides is 1. The van der Waals surface area contributed by atoms with Crippen LogP contribution in [0.25, 0.3) is 0 Å². The van der Waals surface area contributed by atoms with Crippen molar-refractivity contribution in [2.24, 2.45) is 0 Å². The molecule has 6 nitrogen and oxygen atoms in total. The zero-order valence-corrected chi connectivity index (χ0v) is 11.5. The van der Waals surface area contributed by atoms with Crippen LogP contribution in [0.2, 0.25) is 0 Å². The summed E-state index contributed by atoms with van der Waals surface area (Å²) in [5.74, 6) is -0.274. The Hall–Kier alpha value is -2.08. The molecule has 3 rings (SSSR count). The van der Waals surface area contributed by atoms with Gasteiger partial charge in [-0.1, -0.05) is 0 Å². The fourth-order valence-corrected chi connectivity index (χ4v) is 2.67. The lowest BCUT2D eigenvalue weighted by Gasteiger charge is -2.12. The average molecular weight is 291 g/mol. The number of rotatable bonds is 4. The minimum Gasteiger partial charge on any atom is -0.493 e. The lowest BCUT2D eigenvalue weighted by molar-refractivity contribution is -0.149. The first kappa shape index (κ1) is 13.9. The van der Waals surface area contributed by atoms with E-state index in [1.54, 1.807) is 6.07 Å². The lowest BCUT2D eigenvalue weighted by Crippen LogP contribution is -2.33. The Labute approximate surface area is 122 Å². The Bertz CT molecular complexity index is 571. The third kappa shape index (κ3) is 3.00. The van der Waals surface area contributed by atoms with Crippen LogP contribution in [0.15, 0.2) is 18.2 Å². The molecule has 1 saturated heterocycles. The highest BCUT2D eigenvalue weighted by Gasteiger charge is 2.30. The number of carbonyl (C=O) groups is 2. The van der Waals surface area contributed by atoms with Crippen molar-refractivity contribution in [3.8, 4) is 5.75 Å². The maximum absolute atomic E-state index is 12.1. The van der Waals surface area contributed by atoms with E-state index in [1.807, 2.05) is 12.1 Å². The van der Waals surface area contributed by atoms with E-state index in [2.05, 4.69) is 5.32 Å². The lowest BCUT2D eigenvalue weighted by atomic mass is 10.1. The van der Waals surface area contributed by atoms with Crippen LogP contribution >= 0.6 is 0 Å². The molecule has 0 aliphatic carbocycles. The molecule has 2 aliphatic rings. The van der Waals surface area contributed by atoms with Gasteiger partial charge in [-0.3, -0.25) is 4.79 Å². The highest BCUT2D eigenvalue weighted by molar-refractivity contribution is 5.94. The molecule has 1 aromatic rings. The van der Waals surface area contributed by atoms with Crippen molar-refractivity contribution >= 4 is 11.9 Å². The molecule has 2 aliphatic heterocycles. The summed E-state index contributed by atoms with van der Waals surface area (Å²) in [5, 5.41) is 11.6. The average Bonchev–Trinajstić information content (AvgIpc) is 3.12. The van der Waals surface area contributed by atoms with Gasteiger partial charge in [0.15, 0.2) is 6.10 Å². The fraction of sp³-hybridized carbons (Fsp3) is 0.467. The van der Waals surface area contributed by atoms with E-state index in [0.717, 1.165) is 17.7 Å². The van der Waals surface area contributed by atoms with E-state index in [1.165, 1.54) is 0 Å². The number of carbonyl (C=O) groups excluding carboxylic acids is 1. The number of hydrogen-bond acceptors (Lipinski definition) is 4. The summed E-state index contributed by atoms with van der Waals surface area (Å²) < 4.78 is 10.8. The van der Waals surface area contributed by atoms with Gasteiger partial charge in [0, 0.05) is 18.5 Å². The minimum atomic E-state index is -0.942. The van der Waals surface area contributed by atoms with Gasteiger partial charge in [0.1, 0.15) is 5.75 Å². The minimum absolute atomic E-state index is 0.174. The molecule has 0 saturated carbocycles. The summed E-state index contributed by atoms with van der Waals surface area (Å²) in [5.41, 5.74) is 1.64. The Morgan fingerprint density at radius 3 is 2.95 bits per heavy atom. The van der Waals surface area contributed by atoms with Crippen molar-refractivity contribution in [2.75, 3.05) is 13.2 Å². The third-order valence-electron chi connectivity index (χ3n) is 3.82. The molecular weight excluding hydrogens is 274 g/mol. The molecule has 6 heteroatoms. The number of aliphatic carboxylic acids is 1. The molecule has 2 heterocycles. The fourth-order valence-electron chi connectivity index (χ4n) is 2.67. The number of ether oxygens (including phenoxy) is 2. The van der Waals surface area contributed by atoms with Gasteiger partial charge in [-0.05, 0) is 36.6 Å². The molecule has 2 N–H and O–H groups in total. The van der Waals surface area contributed by atoms with E-state index < -0.39 is 12.1 Å². The zero-order chi connectivity index (χ0) is 14.8. The number of nitrogens with one attached hydrogen (secondary N) is 1. The van der Waals surface area contributed by atoms with Crippen molar-refractivity contribution in [1.29, 1.82) is 0 Å². The van der Waals surface area contributed by atoms with Crippen LogP contribution in [0.3, 0.4) is 0 Å². The predicted molar refractivity (Wildman–Crippen MR) is 73.5 cm³/mol. The van der Waals surface area contributed by atoms with Crippen LogP contribution < -0.4 is 10.1 Å². The van der Waals surface area contributed by atoms with Crippen LogP contribution in [-0.2, 0) is 16.0 Å². The van der Waals surface area contributed by atoms with Gasteiger partial charge >= 0.3 is 5.97 Å². The van der Waals surface area contributed by atoms with E-state index >= 15 is 0 Å². The van der Waals surface area contributed by atoms with Crippen LogP contribution in [0.1, 0.15) is 28.8 Å². The summed E-state index contributed by atoms with van der Waals surface area (Å²) in [4.78, 5) is 22.9. The molecule has 0 aromatic heterocycles. The summed E-state index contributed by atoms with van der Waals surface area (Å²) in [7, 11) is 0. The normalized spacial score (nSPS) is 23.4. The molecule has 2 atom stereocenters. The topological polar surface area (TPSA) is 84.9 Å². The molecule has 112 valence electrons. The third-order valence-corrected chi connectivity index (χ3v) is 3.82. The van der Waals surface area contributed by atoms with E-state index in [-0.39, 0.29) is 12.0 Å². The molecule has 1 amide bonds. The van der Waals surface area contributed by atoms with Crippen molar-refractivity contribution in [1.82, 2.24) is 5.32 Å². The van der Waals surface area contributed by atoms with Gasteiger partial charge in [0.05, 0.1) is 12.7 Å². The van der Waals surface area contributed by atoms with Gasteiger partial charge < -0.3 is 19.9 Å². The number of hydrogen-bond donors (Lipinski definition) is 2. The SMILES string of the molecule is O=C(NCC1CCC(C(=O)O)O1)c1ccc2c(c1)CCO2. The Morgan fingerprint density at radius 2 is 2.19 bits per heavy atom. The predicted octanol–water partition coefficient (Wildman–Crippen LogP) is 0.983. The quantitative estimate of drug-likeness (QED) is 0.864. The van der Waals surface area contributed by atoms with Crippen molar-refractivity contribution in [2.45, 2.75) is 31.5 Å². The standard InChI is InChI=1S/C15H17NO5/c17-14(10-1-3-12-9(7-10)5-6-20-12)16-8-11-2-4-13(21-11)15(18)19/h1,3,7,11,13H,2,4-6,8H2,(H,16,17)(H,18,19). The monoisotopic (exact) mass is 291 g/mol. The molecule has 1 fully saturated rings. The molecule has 21 heavy (non-hydrogen) atoms. The second-order valence-corrected chi connectivity index (χ2v) is 5.29. The molecule has 1 aromatic carbocycles. The maximum Gasteiger partial charge on any atom is 0.332 e. The summed E-state index contributed by atoms with van der Waals surface area (Å²) in [6.07, 6.45) is 0.987. The number of benzene rings is 1. The Balaban J connectivity index is 1.54. The highest BCUT2D eigenvalue weighted by Crippen LogP contribution is 2.26. The van der Waals surface area contributed by atoms with Crippen LogP contribution in [0.4, 0.5) is 0 Å². The summed E-state index contributed by atoms with van der Waals surface area (Å²) in [6, 6.07) is 5.38. The second kappa shape index (κ2) is 5.73. The molecule has 0 radical (unpaired) electrons. The smallest absolute Gasteiger partial charge is 0.332 e. The highest BCUT2D eigenvalue weighted by atomic mass is 16.5. The first-order chi connectivity index (χ1) is 10.1. The van der Waals surface area contributed by atoms with E-state index in [0.29, 0.717) is 31.6 Å². The molecule has 0 bridgehead atoms. The molecular formula is C15H17NO5. The molecule has 0 spiro atoms. The van der Waals surface area contributed by atoms with Crippen molar-refractivity contribution in [3.63, 3.8) is 0 Å². The number of fused-ring (bicyclic) bond motifs is 1. The van der Waals surface area contributed by atoms with Crippen LogP contribution in [0, 0.1) is 0 Å². The zero-order valence-electron chi connectivity index (χ0n) is 11.5. The van der Waals surface area contributed by atoms with Gasteiger partial charge in [0.2, 0.25) is 0 Å². The second-order valence-electron chi connectivity index (χ2n) is 5.29. The first-order valence-corrected chi connectivity index (χ1v) is 7.05. The van der Waals surface area contributed by atoms with E-state index in [4.69, 9.17) is 14.6 Å². The van der Waals surface area contributed by atoms with Gasteiger partial charge in [-0.25, -0.2) is 4.79 Å². The van der Waals surface area contributed by atoms with Crippen LogP contribution in [0.5, 0.6) is 5.75 Å². The van der Waals surface area contributed by atoms with Gasteiger partial charge in [-0.2, -0.15) is 0 Å². The Kier molecular flexibility index (Phi) is 3.79. The Morgan fingerprint density at radius 1 is 1.33 bits per heavy atom. The van der Waals surface area contributed by atoms with Gasteiger partial charge in [-0.15, -0.1) is 0 Å². The number of carboxylic acids is 1. The number of carboxylic acid groups (broad SMARTS) is 1. The molecule has 2 unspecified atom stereocenters. The first-order valence-electron chi connectivity index (χ1n) is 7.05. The van der Waals surface area contributed by atoms with Crippen molar-refractivity contribution in [3.05, 3.63) is 29.3 Å². The van der Waals surface area contributed by atoms with E-state index in [9.17, 15) is 9.59 Å². The summed E-state index contributed by atoms with van der Waals surface area (Å²) in [6.45, 7) is 0.989. The largest absolute Gasteiger partial charge is 0.493 e. The van der Waals surface area contributed by atoms with Gasteiger partial charge in [0.25, 0.3) is 5.91 Å². The van der Waals surface area contributed by atoms with Crippen molar-refractivity contribution < 1.29 is 24.2 Å².